The number of halogens is 2. The summed E-state index contributed by atoms with van der Waals surface area (Å²) in [5.41, 5.74) is 0. The van der Waals surface area contributed by atoms with E-state index in [1.54, 1.807) is 0 Å². The molecule has 0 aliphatic heterocycles. The van der Waals surface area contributed by atoms with Gasteiger partial charge in [0, 0.05) is 0 Å². The molecule has 0 rings (SSSR count). The summed E-state index contributed by atoms with van der Waals surface area (Å²) < 4.78 is 0. The largest absolute Gasteiger partial charge is 4.00 e. The smallest absolute Gasteiger partial charge is 2.00 e. The van der Waals surface area contributed by atoms with Gasteiger partial charge in [0.05, 0.1) is 0 Å². The van der Waals surface area contributed by atoms with Crippen molar-refractivity contribution in [1.82, 2.24) is 0 Å². The summed E-state index contributed by atoms with van der Waals surface area (Å²) >= 11 is 0. The third-order valence-corrected chi connectivity index (χ3v) is 0. The topological polar surface area (TPSA) is 28.5 Å². The molecule has 0 unspecified atom stereocenters. The molecule has 0 fully saturated rings. The second-order valence-electron chi connectivity index (χ2n) is 0. The van der Waals surface area contributed by atoms with E-state index in [0.29, 0.717) is 0 Å². The summed E-state index contributed by atoms with van der Waals surface area (Å²) in [6.45, 7) is 0. The van der Waals surface area contributed by atoms with Crippen LogP contribution >= 0.6 is 0 Å². The normalized spacial score (nSPS) is 0. The van der Waals surface area contributed by atoms with Crippen molar-refractivity contribution in [2.75, 3.05) is 0 Å². The van der Waals surface area contributed by atoms with E-state index in [4.69, 9.17) is 0 Å². The Morgan fingerprint density at radius 1 is 1.00 bits per heavy atom. The van der Waals surface area contributed by atoms with Gasteiger partial charge in [-0.05, 0) is 0 Å². The van der Waals surface area contributed by atoms with E-state index in [1.165, 1.54) is 0 Å². The molecule has 1 nitrogen and oxygen atoms in total. The van der Waals surface area contributed by atoms with E-state index in [0.717, 1.165) is 0 Å². The molecule has 0 saturated heterocycles. The molecule has 0 bridgehead atoms. The molecule has 0 aliphatic rings. The van der Waals surface area contributed by atoms with Crippen LogP contribution in [0.2, 0.25) is 0 Å². The first-order chi connectivity index (χ1) is 0. The van der Waals surface area contributed by atoms with Gasteiger partial charge in [-0.3, -0.25) is 0 Å². The van der Waals surface area contributed by atoms with Crippen LogP contribution < -0.4 is 17.1 Å². The van der Waals surface area contributed by atoms with Crippen molar-refractivity contribution < 1.29 is 48.8 Å². The quantitative estimate of drug-likeness (QED) is 0.339. The molecule has 24 valence electrons. The number of hydrogen-bond donors (Lipinski definition) is 0. The Hall–Kier alpha value is 1.06. The molecule has 0 radical (unpaired) electrons. The standard InChI is InChI=1S/ClH.FH.O.Zr/h2*1H;;/q;;-2;+4/p-2. The van der Waals surface area contributed by atoms with Gasteiger partial charge >= 0.3 is 26.2 Å². The van der Waals surface area contributed by atoms with E-state index in [9.17, 15) is 0 Å². The van der Waals surface area contributed by atoms with Crippen molar-refractivity contribution in [2.45, 2.75) is 0 Å². The fourth-order valence-electron chi connectivity index (χ4n) is 0. The Morgan fingerprint density at radius 2 is 1.00 bits per heavy atom. The predicted octanol–water partition coefficient (Wildman–Crippen LogP) is -6.11. The van der Waals surface area contributed by atoms with Crippen LogP contribution in [0.3, 0.4) is 0 Å². The summed E-state index contributed by atoms with van der Waals surface area (Å²) in [4.78, 5) is 0. The van der Waals surface area contributed by atoms with Crippen molar-refractivity contribution in [3.8, 4) is 0 Å². The number of rotatable bonds is 0. The molecule has 0 aromatic carbocycles. The van der Waals surface area contributed by atoms with Gasteiger partial charge in [0.2, 0.25) is 0 Å². The van der Waals surface area contributed by atoms with Crippen LogP contribution in [0.4, 0.5) is 0 Å². The van der Waals surface area contributed by atoms with E-state index in [-0.39, 0.29) is 48.8 Å². The molecule has 0 aliphatic carbocycles. The van der Waals surface area contributed by atoms with Gasteiger partial charge in [-0.1, -0.05) is 0 Å². The molecule has 0 saturated carbocycles. The van der Waals surface area contributed by atoms with Crippen molar-refractivity contribution >= 4 is 0 Å². The van der Waals surface area contributed by atoms with Crippen molar-refractivity contribution in [3.05, 3.63) is 0 Å². The van der Waals surface area contributed by atoms with Crippen LogP contribution in [-0.4, -0.2) is 0 Å². The fourth-order valence-corrected chi connectivity index (χ4v) is 0. The van der Waals surface area contributed by atoms with E-state index < -0.39 is 0 Å². The molecular formula is ClFOZr. The second-order valence-corrected chi connectivity index (χ2v) is 0. The maximum absolute atomic E-state index is 0. The zero-order valence-electron chi connectivity index (χ0n) is 1.66. The molecule has 0 amide bonds. The SMILES string of the molecule is [Cl-].[F-].[O-2].[Zr+4]. The first-order valence-electron chi connectivity index (χ1n) is 0. The third kappa shape index (κ3) is 11.5. The van der Waals surface area contributed by atoms with Gasteiger partial charge in [-0.15, -0.1) is 0 Å². The van der Waals surface area contributed by atoms with E-state index in [1.807, 2.05) is 0 Å². The van der Waals surface area contributed by atoms with Crippen molar-refractivity contribution in [3.63, 3.8) is 0 Å². The zero-order chi connectivity index (χ0) is 0. The van der Waals surface area contributed by atoms with Gasteiger partial charge in [0.25, 0.3) is 0 Å². The first kappa shape index (κ1) is 74.0. The summed E-state index contributed by atoms with van der Waals surface area (Å²) in [5.74, 6) is 0. The molecule has 0 heterocycles. The summed E-state index contributed by atoms with van der Waals surface area (Å²) in [5, 5.41) is 0. The summed E-state index contributed by atoms with van der Waals surface area (Å²) in [7, 11) is 0. The van der Waals surface area contributed by atoms with Gasteiger partial charge in [-0.2, -0.15) is 0 Å². The zero-order valence-corrected chi connectivity index (χ0v) is 4.88. The van der Waals surface area contributed by atoms with Crippen LogP contribution in [0.15, 0.2) is 0 Å². The maximum atomic E-state index is 0. The Bertz CT molecular complexity index is 8.00. The predicted molar refractivity (Wildman–Crippen MR) is 0.686 cm³/mol. The van der Waals surface area contributed by atoms with Crippen LogP contribution in [0, 0.1) is 0 Å². The molecule has 4 heavy (non-hydrogen) atoms. The van der Waals surface area contributed by atoms with Crippen molar-refractivity contribution in [2.24, 2.45) is 0 Å². The van der Waals surface area contributed by atoms with Crippen LogP contribution in [0.1, 0.15) is 0 Å². The third-order valence-electron chi connectivity index (χ3n) is 0. The molecule has 0 aromatic heterocycles. The van der Waals surface area contributed by atoms with E-state index in [2.05, 4.69) is 0 Å². The minimum atomic E-state index is 0. The molecule has 0 N–H and O–H groups in total. The second kappa shape index (κ2) is 33.7. The van der Waals surface area contributed by atoms with Gasteiger partial charge in [-0.25, -0.2) is 0 Å². The average Bonchev–Trinajstić information content (AvgIpc) is 0. The molecule has 0 spiro atoms. The van der Waals surface area contributed by atoms with Gasteiger partial charge < -0.3 is 22.6 Å². The molecule has 0 atom stereocenters. The summed E-state index contributed by atoms with van der Waals surface area (Å²) in [6, 6.07) is 0. The van der Waals surface area contributed by atoms with Gasteiger partial charge in [0.15, 0.2) is 0 Å². The molecular weight excluding hydrogens is 162 g/mol. The van der Waals surface area contributed by atoms with Crippen LogP contribution in [-0.2, 0) is 31.7 Å². The Kier molecular flexibility index (Phi) is 624. The van der Waals surface area contributed by atoms with Gasteiger partial charge in [0.1, 0.15) is 0 Å². The number of hydrogen-bond acceptors (Lipinski definition) is 0. The Labute approximate surface area is 49.0 Å². The maximum Gasteiger partial charge on any atom is 4.00 e. The molecule has 4 heteroatoms. The minimum absolute atomic E-state index is 0. The minimum Gasteiger partial charge on any atom is -2.00 e. The average molecular weight is 162 g/mol. The van der Waals surface area contributed by atoms with Crippen molar-refractivity contribution in [1.29, 1.82) is 0 Å². The Balaban J connectivity index is 0. The monoisotopic (exact) mass is 160 g/mol. The summed E-state index contributed by atoms with van der Waals surface area (Å²) in [6.07, 6.45) is 0. The van der Waals surface area contributed by atoms with Crippen LogP contribution in [0.5, 0.6) is 0 Å². The first-order valence-corrected chi connectivity index (χ1v) is 0. The molecule has 0 aromatic rings. The Morgan fingerprint density at radius 3 is 1.00 bits per heavy atom. The van der Waals surface area contributed by atoms with Crippen LogP contribution in [0.25, 0.3) is 0 Å². The van der Waals surface area contributed by atoms with E-state index >= 15 is 0 Å². The fraction of sp³-hybridized carbons (Fsp3) is 0.